The van der Waals surface area contributed by atoms with Crippen LogP contribution in [-0.2, 0) is 22.4 Å². The van der Waals surface area contributed by atoms with E-state index in [-0.39, 0.29) is 12.5 Å². The fourth-order valence-electron chi connectivity index (χ4n) is 5.05. The zero-order valence-corrected chi connectivity index (χ0v) is 28.3. The zero-order valence-electron chi connectivity index (χ0n) is 23.6. The van der Waals surface area contributed by atoms with Gasteiger partial charge in [0.15, 0.2) is 11.6 Å². The van der Waals surface area contributed by atoms with Crippen LogP contribution in [0.25, 0.3) is 0 Å². The number of hydrogen-bond acceptors (Lipinski definition) is 5. The molecule has 0 aromatic heterocycles. The van der Waals surface area contributed by atoms with E-state index in [0.717, 1.165) is 31.2 Å². The molecule has 0 saturated carbocycles. The maximum absolute atomic E-state index is 14.4. The minimum atomic E-state index is -1.33. The molecule has 5 rings (SSSR count). The molecule has 4 aromatic carbocycles. The van der Waals surface area contributed by atoms with Gasteiger partial charge in [0.2, 0.25) is 5.90 Å². The minimum absolute atomic E-state index is 0.0639. The number of nitrogens with zero attached hydrogens (tertiary/aromatic N) is 1. The Morgan fingerprint density at radius 3 is 2.45 bits per heavy atom. The van der Waals surface area contributed by atoms with Crippen LogP contribution in [0.5, 0.6) is 5.75 Å². The van der Waals surface area contributed by atoms with Gasteiger partial charge in [-0.3, -0.25) is 4.79 Å². The van der Waals surface area contributed by atoms with Crippen molar-refractivity contribution in [2.75, 3.05) is 19.8 Å². The Morgan fingerprint density at radius 2 is 1.75 bits per heavy atom. The second-order valence-corrected chi connectivity index (χ2v) is 13.0. The number of aliphatic hydroxyl groups is 1. The normalized spacial score (nSPS) is 17.6. The van der Waals surface area contributed by atoms with Gasteiger partial charge in [0.1, 0.15) is 5.75 Å². The van der Waals surface area contributed by atoms with Crippen molar-refractivity contribution in [3.8, 4) is 5.75 Å². The third-order valence-electron chi connectivity index (χ3n) is 7.30. The van der Waals surface area contributed by atoms with Crippen LogP contribution in [0.3, 0.4) is 0 Å². The number of benzene rings is 4. The average Bonchev–Trinajstić information content (AvgIpc) is 3.40. The summed E-state index contributed by atoms with van der Waals surface area (Å²) in [5, 5.41) is 13.3. The summed E-state index contributed by atoms with van der Waals surface area (Å²) in [6.45, 7) is 0.819. The quantitative estimate of drug-likeness (QED) is 0.143. The van der Waals surface area contributed by atoms with Gasteiger partial charge in [-0.2, -0.15) is 0 Å². The van der Waals surface area contributed by atoms with Crippen LogP contribution in [0.4, 0.5) is 0 Å². The van der Waals surface area contributed by atoms with Gasteiger partial charge in [0.25, 0.3) is 5.91 Å². The number of carbonyl (C=O) groups excluding carboxylic acids is 1. The number of rotatable bonds is 12. The fourth-order valence-corrected chi connectivity index (χ4v) is 6.31. The lowest BCUT2D eigenvalue weighted by Crippen LogP contribution is -2.50. The molecule has 44 heavy (non-hydrogen) atoms. The van der Waals surface area contributed by atoms with Gasteiger partial charge >= 0.3 is 0 Å². The molecule has 2 atom stereocenters. The standard InChI is InChI=1S/C34H30Br2Cl2N2O4/c35-25-11-6-22(7-12-25)21-34(33(42)39-17-16-23-8-13-26(37)20-30(23)38)31(28-4-1-2-5-29(28)36)44-32(40-34)24-9-14-27(15-10-24)43-19-3-18-41/h1-2,4-15,20,31,41H,3,16-19,21H2,(H,39,42)/t31-,34-/m1/s1. The van der Waals surface area contributed by atoms with Crippen molar-refractivity contribution in [3.63, 3.8) is 0 Å². The highest BCUT2D eigenvalue weighted by atomic mass is 79.9. The first-order valence-electron chi connectivity index (χ1n) is 14.1. The first-order chi connectivity index (χ1) is 21.3. The molecule has 1 heterocycles. The Hall–Kier alpha value is -2.88. The van der Waals surface area contributed by atoms with Crippen LogP contribution in [-0.4, -0.2) is 42.2 Å². The average molecular weight is 761 g/mol. The maximum atomic E-state index is 14.4. The molecule has 0 aliphatic carbocycles. The number of aliphatic hydroxyl groups excluding tert-OH is 1. The van der Waals surface area contributed by atoms with Crippen LogP contribution < -0.4 is 10.1 Å². The second-order valence-electron chi connectivity index (χ2n) is 10.4. The molecule has 10 heteroatoms. The van der Waals surface area contributed by atoms with E-state index in [2.05, 4.69) is 37.2 Å². The van der Waals surface area contributed by atoms with Crippen molar-refractivity contribution in [1.82, 2.24) is 5.32 Å². The topological polar surface area (TPSA) is 80.2 Å². The number of carbonyl (C=O) groups is 1. The first kappa shape index (κ1) is 32.5. The number of nitrogens with one attached hydrogen (secondary N) is 1. The molecule has 228 valence electrons. The molecule has 0 saturated heterocycles. The van der Waals surface area contributed by atoms with E-state index in [0.29, 0.717) is 54.1 Å². The largest absolute Gasteiger partial charge is 0.494 e. The van der Waals surface area contributed by atoms with Crippen LogP contribution >= 0.6 is 55.1 Å². The van der Waals surface area contributed by atoms with E-state index < -0.39 is 11.6 Å². The van der Waals surface area contributed by atoms with Gasteiger partial charge in [-0.25, -0.2) is 4.99 Å². The summed E-state index contributed by atoms with van der Waals surface area (Å²) in [5.41, 5.74) is 2.02. The fraction of sp³-hybridized carbons (Fsp3) is 0.235. The van der Waals surface area contributed by atoms with Crippen LogP contribution in [0.2, 0.25) is 10.0 Å². The Bertz CT molecular complexity index is 1630. The van der Waals surface area contributed by atoms with Gasteiger partial charge in [0.05, 0.1) is 6.61 Å². The Labute approximate surface area is 283 Å². The summed E-state index contributed by atoms with van der Waals surface area (Å²) >= 11 is 19.7. The first-order valence-corrected chi connectivity index (χ1v) is 16.4. The molecule has 6 nitrogen and oxygen atoms in total. The lowest BCUT2D eigenvalue weighted by atomic mass is 9.82. The molecule has 2 N–H and O–H groups in total. The van der Waals surface area contributed by atoms with E-state index in [1.165, 1.54) is 0 Å². The molecule has 1 aliphatic rings. The molecule has 4 aromatic rings. The lowest BCUT2D eigenvalue weighted by molar-refractivity contribution is -0.128. The predicted octanol–water partition coefficient (Wildman–Crippen LogP) is 8.14. The molecule has 0 spiro atoms. The highest BCUT2D eigenvalue weighted by Crippen LogP contribution is 2.44. The van der Waals surface area contributed by atoms with Gasteiger partial charge in [-0.05, 0) is 72.1 Å². The number of ether oxygens (including phenoxy) is 2. The summed E-state index contributed by atoms with van der Waals surface area (Å²) in [7, 11) is 0. The van der Waals surface area contributed by atoms with Gasteiger partial charge in [-0.15, -0.1) is 0 Å². The van der Waals surface area contributed by atoms with Crippen LogP contribution in [0, 0.1) is 0 Å². The monoisotopic (exact) mass is 758 g/mol. The number of amides is 1. The predicted molar refractivity (Wildman–Crippen MR) is 182 cm³/mol. The van der Waals surface area contributed by atoms with Crippen molar-refractivity contribution in [3.05, 3.63) is 132 Å². The van der Waals surface area contributed by atoms with Crippen LogP contribution in [0.15, 0.2) is 105 Å². The minimum Gasteiger partial charge on any atom is -0.494 e. The van der Waals surface area contributed by atoms with E-state index in [1.54, 1.807) is 12.1 Å². The summed E-state index contributed by atoms with van der Waals surface area (Å²) < 4.78 is 14.1. The molecule has 0 unspecified atom stereocenters. The Balaban J connectivity index is 1.52. The second kappa shape index (κ2) is 14.9. The number of halogens is 4. The highest BCUT2D eigenvalue weighted by Gasteiger charge is 2.53. The van der Waals surface area contributed by atoms with Crippen molar-refractivity contribution >= 4 is 66.9 Å². The highest BCUT2D eigenvalue weighted by molar-refractivity contribution is 9.10. The van der Waals surface area contributed by atoms with Crippen molar-refractivity contribution in [2.45, 2.75) is 30.9 Å². The van der Waals surface area contributed by atoms with Crippen molar-refractivity contribution in [2.24, 2.45) is 4.99 Å². The molecule has 0 bridgehead atoms. The molecular formula is C34H30Br2Cl2N2O4. The van der Waals surface area contributed by atoms with Crippen LogP contribution in [0.1, 0.15) is 34.8 Å². The van der Waals surface area contributed by atoms with Gasteiger partial charge in [0, 0.05) is 56.1 Å². The third kappa shape index (κ3) is 7.66. The third-order valence-corrected chi connectivity index (χ3v) is 9.14. The lowest BCUT2D eigenvalue weighted by Gasteiger charge is -2.31. The molecule has 0 fully saturated rings. The van der Waals surface area contributed by atoms with E-state index in [1.807, 2.05) is 78.9 Å². The summed E-state index contributed by atoms with van der Waals surface area (Å²) in [5.74, 6) is 0.772. The summed E-state index contributed by atoms with van der Waals surface area (Å²) in [6.07, 6.45) is 0.635. The SMILES string of the molecule is O=C(NCCc1ccc(Cl)cc1Cl)[C@]1(Cc2ccc(Br)cc2)N=C(c2ccc(OCCCO)cc2)O[C@@H]1c1ccccc1Br. The van der Waals surface area contributed by atoms with E-state index in [9.17, 15) is 4.79 Å². The maximum Gasteiger partial charge on any atom is 0.252 e. The van der Waals surface area contributed by atoms with E-state index >= 15 is 0 Å². The van der Waals surface area contributed by atoms with E-state index in [4.69, 9.17) is 42.8 Å². The van der Waals surface area contributed by atoms with Gasteiger partial charge in [-0.1, -0.05) is 91.5 Å². The van der Waals surface area contributed by atoms with Crippen molar-refractivity contribution < 1.29 is 19.4 Å². The smallest absolute Gasteiger partial charge is 0.252 e. The molecule has 1 aliphatic heterocycles. The van der Waals surface area contributed by atoms with Crippen molar-refractivity contribution in [1.29, 1.82) is 0 Å². The number of hydrogen-bond donors (Lipinski definition) is 2. The van der Waals surface area contributed by atoms with Gasteiger partial charge < -0.3 is 19.9 Å². The summed E-state index contributed by atoms with van der Waals surface area (Å²) in [6, 6.07) is 28.3. The summed E-state index contributed by atoms with van der Waals surface area (Å²) in [4.78, 5) is 19.5. The zero-order chi connectivity index (χ0) is 31.1. The molecular weight excluding hydrogens is 731 g/mol. The number of aliphatic imine (C=N–C) groups is 1. The Morgan fingerprint density at radius 1 is 1.00 bits per heavy atom. The Kier molecular flexibility index (Phi) is 11.0. The molecule has 1 amide bonds. The molecule has 0 radical (unpaired) electrons.